The van der Waals surface area contributed by atoms with E-state index in [1.807, 2.05) is 6.07 Å². The SMILES string of the molecule is CCOC(=O)COc1c(I)cc(/C=N/Nc2ccc([N+](=O)[O-])cc2)cc1OC. The number of anilines is 1. The van der Waals surface area contributed by atoms with Crippen LogP contribution in [0.15, 0.2) is 41.5 Å². The van der Waals surface area contributed by atoms with Gasteiger partial charge in [-0.25, -0.2) is 4.79 Å². The highest BCUT2D eigenvalue weighted by Crippen LogP contribution is 2.33. The molecule has 2 aromatic rings. The summed E-state index contributed by atoms with van der Waals surface area (Å²) in [6.45, 7) is 1.80. The zero-order valence-corrected chi connectivity index (χ0v) is 17.3. The van der Waals surface area contributed by atoms with Crippen molar-refractivity contribution in [3.63, 3.8) is 0 Å². The molecule has 0 bridgehead atoms. The van der Waals surface area contributed by atoms with E-state index >= 15 is 0 Å². The van der Waals surface area contributed by atoms with Gasteiger partial charge in [0.1, 0.15) is 0 Å². The minimum absolute atomic E-state index is 0.00669. The predicted octanol–water partition coefficient (Wildman–Crippen LogP) is 3.60. The van der Waals surface area contributed by atoms with E-state index in [-0.39, 0.29) is 18.9 Å². The lowest BCUT2D eigenvalue weighted by Crippen LogP contribution is -2.15. The Morgan fingerprint density at radius 3 is 2.64 bits per heavy atom. The second-order valence-corrected chi connectivity index (χ2v) is 6.46. The van der Waals surface area contributed by atoms with Gasteiger partial charge in [0.25, 0.3) is 5.69 Å². The Bertz CT molecular complexity index is 870. The number of ether oxygens (including phenoxy) is 3. The summed E-state index contributed by atoms with van der Waals surface area (Å²) in [5.41, 5.74) is 4.15. The number of nitrogens with zero attached hydrogens (tertiary/aromatic N) is 2. The highest BCUT2D eigenvalue weighted by Gasteiger charge is 2.13. The number of halogens is 1. The zero-order valence-electron chi connectivity index (χ0n) is 15.2. The van der Waals surface area contributed by atoms with Crippen molar-refractivity contribution in [1.29, 1.82) is 0 Å². The molecule has 0 aliphatic heterocycles. The lowest BCUT2D eigenvalue weighted by molar-refractivity contribution is -0.384. The van der Waals surface area contributed by atoms with Gasteiger partial charge < -0.3 is 14.2 Å². The molecule has 0 unspecified atom stereocenters. The monoisotopic (exact) mass is 499 g/mol. The van der Waals surface area contributed by atoms with Crippen LogP contribution in [0.5, 0.6) is 11.5 Å². The van der Waals surface area contributed by atoms with Crippen LogP contribution in [-0.2, 0) is 9.53 Å². The minimum atomic E-state index is -0.465. The Morgan fingerprint density at radius 2 is 2.04 bits per heavy atom. The molecule has 0 fully saturated rings. The molecule has 0 saturated carbocycles. The van der Waals surface area contributed by atoms with Crippen LogP contribution in [0.4, 0.5) is 11.4 Å². The Morgan fingerprint density at radius 1 is 1.32 bits per heavy atom. The topological polar surface area (TPSA) is 112 Å². The second kappa shape index (κ2) is 10.4. The second-order valence-electron chi connectivity index (χ2n) is 5.30. The van der Waals surface area contributed by atoms with Gasteiger partial charge >= 0.3 is 5.97 Å². The number of hydrogen-bond acceptors (Lipinski definition) is 8. The van der Waals surface area contributed by atoms with Crippen LogP contribution in [-0.4, -0.2) is 37.4 Å². The van der Waals surface area contributed by atoms with Gasteiger partial charge in [0, 0.05) is 12.1 Å². The Kier molecular flexibility index (Phi) is 7.99. The number of benzene rings is 2. The molecule has 28 heavy (non-hydrogen) atoms. The number of rotatable bonds is 9. The van der Waals surface area contributed by atoms with Crippen molar-refractivity contribution < 1.29 is 23.9 Å². The number of carbonyl (C=O) groups is 1. The van der Waals surface area contributed by atoms with Gasteiger partial charge in [-0.15, -0.1) is 0 Å². The molecule has 0 aromatic heterocycles. The number of hydrogen-bond donors (Lipinski definition) is 1. The fraction of sp³-hybridized carbons (Fsp3) is 0.222. The number of nitro groups is 1. The molecule has 0 spiro atoms. The van der Waals surface area contributed by atoms with E-state index in [1.165, 1.54) is 19.2 Å². The molecule has 0 heterocycles. The predicted molar refractivity (Wildman–Crippen MR) is 112 cm³/mol. The van der Waals surface area contributed by atoms with Crippen LogP contribution in [0.1, 0.15) is 12.5 Å². The van der Waals surface area contributed by atoms with Gasteiger partial charge in [0.2, 0.25) is 0 Å². The van der Waals surface area contributed by atoms with Gasteiger partial charge in [-0.1, -0.05) is 0 Å². The van der Waals surface area contributed by atoms with E-state index < -0.39 is 10.9 Å². The summed E-state index contributed by atoms with van der Waals surface area (Å²) >= 11 is 2.07. The first-order chi connectivity index (χ1) is 13.4. The first kappa shape index (κ1) is 21.4. The molecule has 0 saturated heterocycles. The standard InChI is InChI=1S/C18H18IN3O6/c1-3-27-17(23)11-28-18-15(19)8-12(9-16(18)26-2)10-20-21-13-4-6-14(7-5-13)22(24)25/h4-10,21H,3,11H2,1-2H3/b20-10+. The fourth-order valence-corrected chi connectivity index (χ4v) is 2.91. The fourth-order valence-electron chi connectivity index (χ4n) is 2.13. The number of carbonyl (C=O) groups excluding carboxylic acids is 1. The van der Waals surface area contributed by atoms with Gasteiger partial charge in [-0.05, 0) is 59.3 Å². The highest BCUT2D eigenvalue weighted by atomic mass is 127. The maximum absolute atomic E-state index is 11.5. The first-order valence-corrected chi connectivity index (χ1v) is 9.22. The van der Waals surface area contributed by atoms with Crippen molar-refractivity contribution >= 4 is 46.1 Å². The van der Waals surface area contributed by atoms with Crippen molar-refractivity contribution in [2.24, 2.45) is 5.10 Å². The minimum Gasteiger partial charge on any atom is -0.493 e. The van der Waals surface area contributed by atoms with Gasteiger partial charge in [0.05, 0.1) is 34.1 Å². The van der Waals surface area contributed by atoms with E-state index in [1.54, 1.807) is 31.3 Å². The van der Waals surface area contributed by atoms with E-state index in [0.717, 1.165) is 9.13 Å². The summed E-state index contributed by atoms with van der Waals surface area (Å²) < 4.78 is 16.4. The molecule has 0 amide bonds. The summed E-state index contributed by atoms with van der Waals surface area (Å²) in [6, 6.07) is 9.42. The Labute approximate surface area is 175 Å². The average Bonchev–Trinajstić information content (AvgIpc) is 2.67. The van der Waals surface area contributed by atoms with Crippen LogP contribution >= 0.6 is 22.6 Å². The van der Waals surface area contributed by atoms with Crippen molar-refractivity contribution in [1.82, 2.24) is 0 Å². The van der Waals surface area contributed by atoms with Gasteiger partial charge in [-0.3, -0.25) is 15.5 Å². The van der Waals surface area contributed by atoms with E-state index in [0.29, 0.717) is 17.2 Å². The molecular formula is C18H18IN3O6. The lowest BCUT2D eigenvalue weighted by Gasteiger charge is -2.13. The summed E-state index contributed by atoms with van der Waals surface area (Å²) in [4.78, 5) is 21.7. The molecule has 9 nitrogen and oxygen atoms in total. The largest absolute Gasteiger partial charge is 0.493 e. The number of non-ortho nitro benzene ring substituents is 1. The zero-order chi connectivity index (χ0) is 20.5. The van der Waals surface area contributed by atoms with Crippen LogP contribution < -0.4 is 14.9 Å². The molecule has 2 rings (SSSR count). The normalized spacial score (nSPS) is 10.5. The molecule has 148 valence electrons. The first-order valence-electron chi connectivity index (χ1n) is 8.14. The van der Waals surface area contributed by atoms with E-state index in [9.17, 15) is 14.9 Å². The number of esters is 1. The Hall–Kier alpha value is -2.89. The lowest BCUT2D eigenvalue weighted by atomic mass is 10.2. The molecule has 0 aliphatic carbocycles. The number of nitrogens with one attached hydrogen (secondary N) is 1. The van der Waals surface area contributed by atoms with Gasteiger partial charge in [0.15, 0.2) is 18.1 Å². The summed E-state index contributed by atoms with van der Waals surface area (Å²) in [5.74, 6) is 0.433. The highest BCUT2D eigenvalue weighted by molar-refractivity contribution is 14.1. The van der Waals surface area contributed by atoms with Crippen LogP contribution in [0, 0.1) is 13.7 Å². The molecule has 2 aromatic carbocycles. The molecule has 0 radical (unpaired) electrons. The molecule has 0 aliphatic rings. The van der Waals surface area contributed by atoms with Crippen molar-refractivity contribution in [3.05, 3.63) is 55.6 Å². The quantitative estimate of drug-likeness (QED) is 0.185. The van der Waals surface area contributed by atoms with Crippen molar-refractivity contribution in [3.8, 4) is 11.5 Å². The maximum Gasteiger partial charge on any atom is 0.344 e. The smallest absolute Gasteiger partial charge is 0.344 e. The third-order valence-corrected chi connectivity index (χ3v) is 4.18. The van der Waals surface area contributed by atoms with Crippen LogP contribution in [0.2, 0.25) is 0 Å². The van der Waals surface area contributed by atoms with Crippen LogP contribution in [0.3, 0.4) is 0 Å². The van der Waals surface area contributed by atoms with Crippen molar-refractivity contribution in [2.75, 3.05) is 25.7 Å². The van der Waals surface area contributed by atoms with Gasteiger partial charge in [-0.2, -0.15) is 5.10 Å². The molecule has 10 heteroatoms. The number of nitro benzene ring substituents is 1. The third-order valence-electron chi connectivity index (χ3n) is 3.38. The van der Waals surface area contributed by atoms with Crippen molar-refractivity contribution in [2.45, 2.75) is 6.92 Å². The molecular weight excluding hydrogens is 481 g/mol. The molecule has 0 atom stereocenters. The van der Waals surface area contributed by atoms with E-state index in [2.05, 4.69) is 33.1 Å². The summed E-state index contributed by atoms with van der Waals surface area (Å²) in [5, 5.41) is 14.8. The summed E-state index contributed by atoms with van der Waals surface area (Å²) in [7, 11) is 1.50. The Balaban J connectivity index is 2.07. The van der Waals surface area contributed by atoms with E-state index in [4.69, 9.17) is 14.2 Å². The van der Waals surface area contributed by atoms with Crippen LogP contribution in [0.25, 0.3) is 0 Å². The third kappa shape index (κ3) is 6.08. The molecule has 1 N–H and O–H groups in total. The summed E-state index contributed by atoms with van der Waals surface area (Å²) in [6.07, 6.45) is 1.57. The number of hydrazone groups is 1. The average molecular weight is 499 g/mol. The maximum atomic E-state index is 11.5. The number of methoxy groups -OCH3 is 1.